The van der Waals surface area contributed by atoms with Gasteiger partial charge in [0.1, 0.15) is 6.61 Å². The Labute approximate surface area is 112 Å². The fourth-order valence-corrected chi connectivity index (χ4v) is 3.21. The third kappa shape index (κ3) is 3.82. The van der Waals surface area contributed by atoms with Crippen LogP contribution in [0.25, 0.3) is 0 Å². The molecule has 3 nitrogen and oxygen atoms in total. The Morgan fingerprint density at radius 3 is 3.11 bits per heavy atom. The number of likely N-dealkylation sites (tertiary alicyclic amines) is 1. The quantitative estimate of drug-likeness (QED) is 0.795. The molecule has 1 unspecified atom stereocenters. The van der Waals surface area contributed by atoms with Crippen LogP contribution in [0.1, 0.15) is 30.2 Å². The van der Waals surface area contributed by atoms with E-state index in [2.05, 4.69) is 22.8 Å². The van der Waals surface area contributed by atoms with Crippen LogP contribution in [0.4, 0.5) is 0 Å². The van der Waals surface area contributed by atoms with Crippen LogP contribution in [-0.2, 0) is 6.54 Å². The molecule has 1 aromatic rings. The van der Waals surface area contributed by atoms with Crippen molar-refractivity contribution in [2.24, 2.45) is 0 Å². The average molecular weight is 265 g/mol. The summed E-state index contributed by atoms with van der Waals surface area (Å²) in [6.07, 6.45) is 1.94. The second-order valence-electron chi connectivity index (χ2n) is 5.07. The van der Waals surface area contributed by atoms with Crippen LogP contribution in [0.5, 0.6) is 0 Å². The number of rotatable bonds is 2. The molecule has 1 atom stereocenters. The lowest BCUT2D eigenvalue weighted by Gasteiger charge is -2.36. The third-order valence-corrected chi connectivity index (χ3v) is 4.02. The van der Waals surface area contributed by atoms with E-state index in [1.807, 2.05) is 12.3 Å². The van der Waals surface area contributed by atoms with Gasteiger partial charge in [-0.1, -0.05) is 11.8 Å². The van der Waals surface area contributed by atoms with Crippen molar-refractivity contribution in [3.63, 3.8) is 0 Å². The van der Waals surface area contributed by atoms with Crippen molar-refractivity contribution >= 4 is 11.3 Å². The predicted octanol–water partition coefficient (Wildman–Crippen LogP) is 1.44. The van der Waals surface area contributed by atoms with Crippen LogP contribution in [0.3, 0.4) is 0 Å². The summed E-state index contributed by atoms with van der Waals surface area (Å²) in [5.74, 6) is 5.56. The molecule has 0 saturated carbocycles. The van der Waals surface area contributed by atoms with Gasteiger partial charge in [-0.25, -0.2) is 0 Å². The normalized spacial score (nSPS) is 24.6. The van der Waals surface area contributed by atoms with E-state index >= 15 is 0 Å². The predicted molar refractivity (Wildman–Crippen MR) is 73.4 cm³/mol. The van der Waals surface area contributed by atoms with Crippen LogP contribution in [0.15, 0.2) is 11.4 Å². The average Bonchev–Trinajstić information content (AvgIpc) is 2.73. The van der Waals surface area contributed by atoms with Gasteiger partial charge in [-0.2, -0.15) is 0 Å². The van der Waals surface area contributed by atoms with Crippen LogP contribution >= 0.6 is 11.3 Å². The summed E-state index contributed by atoms with van der Waals surface area (Å²) in [6.45, 7) is 4.47. The SMILES string of the molecule is CC1(O)CCCN(Cc2cc(C#CCO)cs2)C1. The zero-order valence-electron chi connectivity index (χ0n) is 10.6. The minimum absolute atomic E-state index is 0.0971. The van der Waals surface area contributed by atoms with E-state index in [-0.39, 0.29) is 6.61 Å². The molecule has 1 aromatic heterocycles. The Hall–Kier alpha value is -0.860. The zero-order valence-corrected chi connectivity index (χ0v) is 11.5. The molecule has 0 spiro atoms. The van der Waals surface area contributed by atoms with Gasteiger partial charge in [0.15, 0.2) is 0 Å². The Kier molecular flexibility index (Phi) is 4.41. The van der Waals surface area contributed by atoms with E-state index < -0.39 is 5.60 Å². The molecule has 0 aromatic carbocycles. The molecule has 1 fully saturated rings. The van der Waals surface area contributed by atoms with Gasteiger partial charge in [0.05, 0.1) is 5.60 Å². The molecular weight excluding hydrogens is 246 g/mol. The van der Waals surface area contributed by atoms with Crippen molar-refractivity contribution in [1.29, 1.82) is 0 Å². The van der Waals surface area contributed by atoms with Crippen molar-refractivity contribution in [2.75, 3.05) is 19.7 Å². The van der Waals surface area contributed by atoms with Crippen molar-refractivity contribution < 1.29 is 10.2 Å². The maximum atomic E-state index is 10.1. The molecule has 18 heavy (non-hydrogen) atoms. The number of aliphatic hydroxyl groups is 2. The van der Waals surface area contributed by atoms with Gasteiger partial charge >= 0.3 is 0 Å². The second-order valence-corrected chi connectivity index (χ2v) is 6.07. The highest BCUT2D eigenvalue weighted by Crippen LogP contribution is 2.23. The first kappa shape index (κ1) is 13.6. The minimum atomic E-state index is -0.547. The zero-order chi connectivity index (χ0) is 13.0. The lowest BCUT2D eigenvalue weighted by atomic mass is 9.95. The molecule has 0 radical (unpaired) electrons. The number of hydrogen-bond donors (Lipinski definition) is 2. The lowest BCUT2D eigenvalue weighted by Crippen LogP contribution is -2.45. The molecule has 1 aliphatic heterocycles. The van der Waals surface area contributed by atoms with Gasteiger partial charge in [-0.05, 0) is 32.4 Å². The van der Waals surface area contributed by atoms with E-state index in [1.54, 1.807) is 11.3 Å². The summed E-state index contributed by atoms with van der Waals surface area (Å²) in [6, 6.07) is 2.07. The summed E-state index contributed by atoms with van der Waals surface area (Å²) in [5, 5.41) is 20.7. The summed E-state index contributed by atoms with van der Waals surface area (Å²) < 4.78 is 0. The molecule has 1 aliphatic rings. The van der Waals surface area contributed by atoms with Gasteiger partial charge in [0.2, 0.25) is 0 Å². The highest BCUT2D eigenvalue weighted by Gasteiger charge is 2.28. The van der Waals surface area contributed by atoms with E-state index in [9.17, 15) is 5.11 Å². The number of piperidine rings is 1. The number of nitrogens with zero attached hydrogens (tertiary/aromatic N) is 1. The number of aliphatic hydroxyl groups excluding tert-OH is 1. The van der Waals surface area contributed by atoms with Crippen molar-refractivity contribution in [3.05, 3.63) is 21.9 Å². The molecule has 0 aliphatic carbocycles. The summed E-state index contributed by atoms with van der Waals surface area (Å²) in [7, 11) is 0. The van der Waals surface area contributed by atoms with E-state index in [4.69, 9.17) is 5.11 Å². The Bertz CT molecular complexity index is 456. The van der Waals surface area contributed by atoms with Crippen LogP contribution in [0, 0.1) is 11.8 Å². The first-order valence-electron chi connectivity index (χ1n) is 6.21. The maximum Gasteiger partial charge on any atom is 0.104 e. The molecule has 98 valence electrons. The van der Waals surface area contributed by atoms with Gasteiger partial charge in [0.25, 0.3) is 0 Å². The summed E-state index contributed by atoms with van der Waals surface area (Å²) >= 11 is 1.69. The number of thiophene rings is 1. The largest absolute Gasteiger partial charge is 0.389 e. The minimum Gasteiger partial charge on any atom is -0.389 e. The summed E-state index contributed by atoms with van der Waals surface area (Å²) in [5.41, 5.74) is 0.419. The van der Waals surface area contributed by atoms with Gasteiger partial charge in [-0.15, -0.1) is 11.3 Å². The molecular formula is C14H19NO2S. The first-order valence-corrected chi connectivity index (χ1v) is 7.09. The highest BCUT2D eigenvalue weighted by molar-refractivity contribution is 7.10. The molecule has 2 heterocycles. The van der Waals surface area contributed by atoms with Crippen molar-refractivity contribution in [3.8, 4) is 11.8 Å². The van der Waals surface area contributed by atoms with Crippen molar-refractivity contribution in [2.45, 2.75) is 31.9 Å². The van der Waals surface area contributed by atoms with Crippen molar-refractivity contribution in [1.82, 2.24) is 4.90 Å². The lowest BCUT2D eigenvalue weighted by molar-refractivity contribution is -0.0178. The Morgan fingerprint density at radius 2 is 2.39 bits per heavy atom. The molecule has 4 heteroatoms. The second kappa shape index (κ2) is 5.85. The Morgan fingerprint density at radius 1 is 1.56 bits per heavy atom. The molecule has 1 saturated heterocycles. The molecule has 2 rings (SSSR count). The number of β-amino-alcohol motifs (C(OH)–C–C–N with tert-alkyl or cyclic N) is 1. The fourth-order valence-electron chi connectivity index (χ4n) is 2.35. The number of hydrogen-bond acceptors (Lipinski definition) is 4. The van der Waals surface area contributed by atoms with Crippen LogP contribution in [0.2, 0.25) is 0 Å². The van der Waals surface area contributed by atoms with E-state index in [0.717, 1.165) is 38.0 Å². The van der Waals surface area contributed by atoms with E-state index in [0.29, 0.717) is 0 Å². The Balaban J connectivity index is 1.95. The maximum absolute atomic E-state index is 10.1. The van der Waals surface area contributed by atoms with Crippen LogP contribution in [-0.4, -0.2) is 40.4 Å². The smallest absolute Gasteiger partial charge is 0.104 e. The molecule has 0 amide bonds. The monoisotopic (exact) mass is 265 g/mol. The fraction of sp³-hybridized carbons (Fsp3) is 0.571. The standard InChI is InChI=1S/C14H19NO2S/c1-14(17)5-3-6-15(11-14)9-13-8-12(10-18-13)4-2-7-16/h8,10,16-17H,3,5-7,9,11H2,1H3. The highest BCUT2D eigenvalue weighted by atomic mass is 32.1. The van der Waals surface area contributed by atoms with Gasteiger partial charge in [0, 0.05) is 28.9 Å². The van der Waals surface area contributed by atoms with E-state index in [1.165, 1.54) is 4.88 Å². The van der Waals surface area contributed by atoms with Gasteiger partial charge < -0.3 is 10.2 Å². The first-order chi connectivity index (χ1) is 8.59. The molecule has 2 N–H and O–H groups in total. The topological polar surface area (TPSA) is 43.7 Å². The van der Waals surface area contributed by atoms with Gasteiger partial charge in [-0.3, -0.25) is 4.90 Å². The van der Waals surface area contributed by atoms with Crippen LogP contribution < -0.4 is 0 Å². The molecule has 0 bridgehead atoms. The summed E-state index contributed by atoms with van der Waals surface area (Å²) in [4.78, 5) is 3.55. The third-order valence-electron chi connectivity index (χ3n) is 3.10.